The van der Waals surface area contributed by atoms with E-state index < -0.39 is 5.60 Å². The van der Waals surface area contributed by atoms with Crippen molar-refractivity contribution in [1.82, 2.24) is 4.90 Å². The van der Waals surface area contributed by atoms with Crippen molar-refractivity contribution in [2.75, 3.05) is 18.1 Å². The number of aliphatic hydroxyl groups excluding tert-OH is 1. The average molecular weight is 736 g/mol. The van der Waals surface area contributed by atoms with Gasteiger partial charge in [-0.1, -0.05) is 49.4 Å². The van der Waals surface area contributed by atoms with E-state index in [1.54, 1.807) is 4.90 Å². The third-order valence-electron chi connectivity index (χ3n) is 7.47. The topological polar surface area (TPSA) is 70.1 Å². The smallest absolute Gasteiger partial charge is 0.264 e. The maximum atomic E-state index is 14.2. The summed E-state index contributed by atoms with van der Waals surface area (Å²) in [5, 5.41) is 9.59. The summed E-state index contributed by atoms with van der Waals surface area (Å²) in [6.45, 7) is 3.09. The largest absolute Gasteiger partial charge is 0.395 e. The van der Waals surface area contributed by atoms with Crippen LogP contribution < -0.4 is 4.90 Å². The molecule has 2 amide bonds. The second kappa shape index (κ2) is 11.6. The molecule has 0 bridgehead atoms. The van der Waals surface area contributed by atoms with E-state index in [0.29, 0.717) is 19.5 Å². The van der Waals surface area contributed by atoms with Crippen LogP contribution in [0.2, 0.25) is 0 Å². The van der Waals surface area contributed by atoms with Gasteiger partial charge >= 0.3 is 0 Å². The molecular weight excluding hydrogens is 706 g/mol. The third-order valence-corrected chi connectivity index (χ3v) is 8.86. The number of aliphatic hydroxyl groups is 1. The molecule has 8 heteroatoms. The predicted molar refractivity (Wildman–Crippen MR) is 163 cm³/mol. The van der Waals surface area contributed by atoms with Crippen LogP contribution in [-0.2, 0) is 33.0 Å². The summed E-state index contributed by atoms with van der Waals surface area (Å²) < 4.78 is 8.83. The fourth-order valence-electron chi connectivity index (χ4n) is 5.64. The van der Waals surface area contributed by atoms with Gasteiger partial charge in [0.1, 0.15) is 0 Å². The fraction of sp³-hybridized carbons (Fsp3) is 0.333. The molecule has 3 aromatic rings. The van der Waals surface area contributed by atoms with Gasteiger partial charge in [0.05, 0.1) is 31.4 Å². The summed E-state index contributed by atoms with van der Waals surface area (Å²) in [7, 11) is 0. The minimum atomic E-state index is -1.11. The number of carbonyl (C=O) groups is 2. The summed E-state index contributed by atoms with van der Waals surface area (Å²) in [5.41, 5.74) is 2.72. The summed E-state index contributed by atoms with van der Waals surface area (Å²) in [6, 6.07) is 24.0. The highest BCUT2D eigenvalue weighted by Crippen LogP contribution is 2.54. The number of halogens is 2. The molecule has 0 unspecified atom stereocenters. The summed E-state index contributed by atoms with van der Waals surface area (Å²) in [5.74, 6) is -0.236. The molecule has 1 spiro atoms. The zero-order valence-corrected chi connectivity index (χ0v) is 25.5. The van der Waals surface area contributed by atoms with Crippen molar-refractivity contribution in [3.8, 4) is 0 Å². The lowest BCUT2D eigenvalue weighted by Gasteiger charge is -2.29. The molecule has 1 N–H and O–H groups in total. The van der Waals surface area contributed by atoms with Crippen molar-refractivity contribution in [2.45, 2.75) is 44.6 Å². The number of carbonyl (C=O) groups excluding carboxylic acids is 2. The van der Waals surface area contributed by atoms with E-state index in [9.17, 15) is 14.7 Å². The molecule has 1 fully saturated rings. The second-order valence-corrected chi connectivity index (χ2v) is 12.5. The monoisotopic (exact) mass is 736 g/mol. The number of hydrogen-bond acceptors (Lipinski definition) is 4. The van der Waals surface area contributed by atoms with E-state index in [-0.39, 0.29) is 43.4 Å². The predicted octanol–water partition coefficient (Wildman–Crippen LogP) is 5.47. The molecule has 0 aromatic heterocycles. The molecule has 0 aliphatic carbocycles. The van der Waals surface area contributed by atoms with Crippen molar-refractivity contribution in [2.24, 2.45) is 5.92 Å². The molecule has 3 atom stereocenters. The van der Waals surface area contributed by atoms with Gasteiger partial charge in [-0.2, -0.15) is 0 Å². The lowest BCUT2D eigenvalue weighted by molar-refractivity contribution is -0.150. The Hall–Kier alpha value is -2.02. The van der Waals surface area contributed by atoms with Gasteiger partial charge in [0, 0.05) is 31.7 Å². The van der Waals surface area contributed by atoms with E-state index >= 15 is 0 Å². The fourth-order valence-corrected chi connectivity index (χ4v) is 6.49. The molecule has 2 aliphatic heterocycles. The highest BCUT2D eigenvalue weighted by atomic mass is 127. The third kappa shape index (κ3) is 5.37. The van der Waals surface area contributed by atoms with E-state index in [1.165, 1.54) is 0 Å². The quantitative estimate of drug-likeness (QED) is 0.312. The van der Waals surface area contributed by atoms with E-state index in [0.717, 1.165) is 29.5 Å². The van der Waals surface area contributed by atoms with Crippen LogP contribution in [0.3, 0.4) is 0 Å². The number of rotatable bonds is 8. The standard InChI is InChI=1S/C30H30I2N2O4/c1-20-15-25(17-28(36)33(13-14-35)18-21-5-3-2-4-6-21)38-30(20)26-16-24(32)11-12-27(26)34(29(30)37)19-22-7-9-23(31)10-8-22/h2-12,16,20,25,35H,13-15,17-19H2,1H3/t20-,25-,30+/m1/s1. The molecule has 2 aliphatic rings. The van der Waals surface area contributed by atoms with Crippen LogP contribution >= 0.6 is 45.2 Å². The van der Waals surface area contributed by atoms with Crippen molar-refractivity contribution >= 4 is 62.7 Å². The maximum absolute atomic E-state index is 14.2. The van der Waals surface area contributed by atoms with Gasteiger partial charge in [-0.3, -0.25) is 9.59 Å². The molecule has 0 radical (unpaired) electrons. The van der Waals surface area contributed by atoms with Crippen molar-refractivity contribution < 1.29 is 19.4 Å². The molecule has 38 heavy (non-hydrogen) atoms. The summed E-state index contributed by atoms with van der Waals surface area (Å²) in [6.07, 6.45) is 0.392. The Balaban J connectivity index is 1.39. The zero-order chi connectivity index (χ0) is 26.9. The van der Waals surface area contributed by atoms with E-state index in [2.05, 4.69) is 70.3 Å². The van der Waals surface area contributed by atoms with Gasteiger partial charge < -0.3 is 19.6 Å². The average Bonchev–Trinajstić information content (AvgIpc) is 3.35. The number of nitrogens with zero attached hydrogens (tertiary/aromatic N) is 2. The molecule has 0 saturated carbocycles. The highest BCUT2D eigenvalue weighted by Gasteiger charge is 2.60. The van der Waals surface area contributed by atoms with Crippen molar-refractivity contribution in [3.05, 3.63) is 96.6 Å². The first kappa shape index (κ1) is 27.5. The summed E-state index contributed by atoms with van der Waals surface area (Å²) in [4.78, 5) is 31.0. The second-order valence-electron chi connectivity index (χ2n) is 10.0. The van der Waals surface area contributed by atoms with Crippen LogP contribution in [0.5, 0.6) is 0 Å². The Morgan fingerprint density at radius 3 is 2.47 bits per heavy atom. The Labute approximate surface area is 250 Å². The van der Waals surface area contributed by atoms with Gasteiger partial charge in [-0.15, -0.1) is 0 Å². The van der Waals surface area contributed by atoms with Gasteiger partial charge in [0.15, 0.2) is 5.60 Å². The molecule has 3 aromatic carbocycles. The van der Waals surface area contributed by atoms with Crippen LogP contribution in [0.4, 0.5) is 5.69 Å². The minimum absolute atomic E-state index is 0.0630. The number of hydrogen-bond donors (Lipinski definition) is 1. The number of fused-ring (bicyclic) bond motifs is 2. The van der Waals surface area contributed by atoms with Crippen LogP contribution in [-0.4, -0.2) is 41.1 Å². The Morgan fingerprint density at radius 2 is 1.76 bits per heavy atom. The Kier molecular flexibility index (Phi) is 8.42. The number of amides is 2. The highest BCUT2D eigenvalue weighted by molar-refractivity contribution is 14.1. The van der Waals surface area contributed by atoms with Crippen LogP contribution in [0.15, 0.2) is 72.8 Å². The van der Waals surface area contributed by atoms with E-state index in [1.807, 2.05) is 59.5 Å². The molecule has 5 rings (SSSR count). The lowest BCUT2D eigenvalue weighted by atomic mass is 9.83. The number of anilines is 1. The van der Waals surface area contributed by atoms with Crippen LogP contribution in [0.1, 0.15) is 36.5 Å². The molecule has 1 saturated heterocycles. The molecule has 6 nitrogen and oxygen atoms in total. The van der Waals surface area contributed by atoms with Crippen molar-refractivity contribution in [1.29, 1.82) is 0 Å². The zero-order valence-electron chi connectivity index (χ0n) is 21.1. The maximum Gasteiger partial charge on any atom is 0.264 e. The first-order valence-corrected chi connectivity index (χ1v) is 14.9. The number of benzene rings is 3. The number of ether oxygens (including phenoxy) is 1. The molecule has 198 valence electrons. The minimum Gasteiger partial charge on any atom is -0.395 e. The Morgan fingerprint density at radius 1 is 1.05 bits per heavy atom. The lowest BCUT2D eigenvalue weighted by Crippen LogP contribution is -2.44. The van der Waals surface area contributed by atoms with Gasteiger partial charge in [0.2, 0.25) is 5.91 Å². The van der Waals surface area contributed by atoms with Gasteiger partial charge in [-0.25, -0.2) is 0 Å². The van der Waals surface area contributed by atoms with Crippen LogP contribution in [0.25, 0.3) is 0 Å². The first-order chi connectivity index (χ1) is 18.3. The molecular formula is C30H30I2N2O4. The van der Waals surface area contributed by atoms with Crippen LogP contribution in [0, 0.1) is 13.1 Å². The van der Waals surface area contributed by atoms with E-state index in [4.69, 9.17) is 4.74 Å². The van der Waals surface area contributed by atoms with Gasteiger partial charge in [-0.05, 0) is 93.1 Å². The first-order valence-electron chi connectivity index (χ1n) is 12.8. The Bertz CT molecular complexity index is 1320. The summed E-state index contributed by atoms with van der Waals surface area (Å²) >= 11 is 4.55. The normalized spacial score (nSPS) is 22.2. The SMILES string of the molecule is C[C@@H]1C[C@H](CC(=O)N(CCO)Cc2ccccc2)O[C@@]12C(=O)N(Cc1ccc(I)cc1)c1ccc(I)cc12. The van der Waals surface area contributed by atoms with Crippen molar-refractivity contribution in [3.63, 3.8) is 0 Å². The molecule has 2 heterocycles. The van der Waals surface area contributed by atoms with Gasteiger partial charge in [0.25, 0.3) is 5.91 Å².